The molecular weight excluding hydrogens is 813 g/mol. The zero-order valence-electron chi connectivity index (χ0n) is 37.4. The topological polar surface area (TPSA) is 81.7 Å². The van der Waals surface area contributed by atoms with Crippen LogP contribution in [0.1, 0.15) is 78.7 Å². The van der Waals surface area contributed by atoms with E-state index in [2.05, 4.69) is 0 Å². The van der Waals surface area contributed by atoms with E-state index in [-0.39, 0.29) is 25.3 Å². The van der Waals surface area contributed by atoms with Crippen LogP contribution in [0.25, 0.3) is 0 Å². The lowest BCUT2D eigenvalue weighted by Crippen LogP contribution is -2.47. The highest BCUT2D eigenvalue weighted by Crippen LogP contribution is 2.56. The van der Waals surface area contributed by atoms with E-state index >= 15 is 0 Å². The number of rotatable bonds is 19. The first-order valence-corrected chi connectivity index (χ1v) is 22.2. The Morgan fingerprint density at radius 1 is 0.523 bits per heavy atom. The molecule has 1 aliphatic heterocycles. The molecule has 0 saturated heterocycles. The first-order valence-electron chi connectivity index (χ1n) is 22.2. The van der Waals surface area contributed by atoms with E-state index in [1.165, 1.54) is 0 Å². The summed E-state index contributed by atoms with van der Waals surface area (Å²) in [7, 11) is 0. The van der Waals surface area contributed by atoms with Crippen LogP contribution in [0, 0.1) is 5.41 Å². The molecule has 0 saturated carbocycles. The number of fused-ring (bicyclic) bond motifs is 1. The highest BCUT2D eigenvalue weighted by molar-refractivity contribution is 5.79. The third kappa shape index (κ3) is 11.4. The van der Waals surface area contributed by atoms with Crippen molar-refractivity contribution < 1.29 is 38.0 Å². The van der Waals surface area contributed by atoms with Crippen molar-refractivity contribution in [1.82, 2.24) is 0 Å². The first kappa shape index (κ1) is 44.6. The van der Waals surface area contributed by atoms with Crippen LogP contribution in [0.15, 0.2) is 182 Å². The fourth-order valence-electron chi connectivity index (χ4n) is 8.08. The second kappa shape index (κ2) is 21.1. The molecule has 8 rings (SSSR count). The van der Waals surface area contributed by atoms with E-state index in [4.69, 9.17) is 33.2 Å². The van der Waals surface area contributed by atoms with Crippen LogP contribution in [0.5, 0.6) is 28.7 Å². The molecule has 65 heavy (non-hydrogen) atoms. The number of benzene rings is 7. The van der Waals surface area contributed by atoms with E-state index in [1.807, 2.05) is 210 Å². The van der Waals surface area contributed by atoms with Crippen molar-refractivity contribution in [3.8, 4) is 28.7 Å². The minimum atomic E-state index is -1.16. The van der Waals surface area contributed by atoms with Crippen LogP contribution in [0.4, 0.5) is 0 Å². The summed E-state index contributed by atoms with van der Waals surface area (Å²) in [5.74, 6) is 1.69. The van der Waals surface area contributed by atoms with E-state index in [1.54, 1.807) is 0 Å². The van der Waals surface area contributed by atoms with Crippen molar-refractivity contribution in [2.45, 2.75) is 85.0 Å². The van der Waals surface area contributed by atoms with E-state index in [0.29, 0.717) is 54.1 Å². The normalized spacial score (nSPS) is 15.6. The van der Waals surface area contributed by atoms with Gasteiger partial charge in [-0.1, -0.05) is 158 Å². The number of carbonyl (C=O) groups excluding carboxylic acids is 1. The summed E-state index contributed by atoms with van der Waals surface area (Å²) < 4.78 is 46.8. The third-order valence-corrected chi connectivity index (χ3v) is 11.5. The molecule has 0 N–H and O–H groups in total. The minimum Gasteiger partial charge on any atom is -0.489 e. The molecule has 0 radical (unpaired) electrons. The Balaban J connectivity index is 1.27. The molecule has 3 atom stereocenters. The predicted octanol–water partition coefficient (Wildman–Crippen LogP) is 12.8. The molecule has 7 aromatic rings. The number of hydrogen-bond donors (Lipinski definition) is 0. The van der Waals surface area contributed by atoms with E-state index < -0.39 is 23.5 Å². The standard InChI is InChI=1S/C57H56O8/c1-40(2)64-56(58)57(3,4)53-52-50(62-38-44-26-16-8-17-27-44)33-47(59-35-41-20-10-5-11-21-41)34-51(52)65-54(55(53)63-39-45-28-18-9-19-29-45)46-30-31-48(60-36-42-22-12-6-13-23-42)49(32-46)61-37-43-24-14-7-15-25-43/h5-34,40,53-55H,35-39H2,1-4H3/t53-,54+,55-/m0/s1. The highest BCUT2D eigenvalue weighted by Gasteiger charge is 2.53. The quantitative estimate of drug-likeness (QED) is 0.0744. The lowest BCUT2D eigenvalue weighted by molar-refractivity contribution is -0.166. The molecule has 0 spiro atoms. The molecule has 0 aliphatic carbocycles. The zero-order chi connectivity index (χ0) is 45.0. The van der Waals surface area contributed by atoms with Gasteiger partial charge in [0, 0.05) is 23.6 Å². The van der Waals surface area contributed by atoms with Crippen LogP contribution < -0.4 is 23.7 Å². The number of carbonyl (C=O) groups is 1. The fraction of sp³-hybridized carbons (Fsp3) is 0.246. The van der Waals surface area contributed by atoms with Crippen LogP contribution in [0.2, 0.25) is 0 Å². The van der Waals surface area contributed by atoms with Crippen LogP contribution in [-0.2, 0) is 47.3 Å². The summed E-state index contributed by atoms with van der Waals surface area (Å²) in [6.45, 7) is 9.07. The SMILES string of the molecule is CC(C)OC(=O)C(C)(C)[C@H]1c2c(OCc3ccccc3)cc(OCc3ccccc3)cc2O[C@H](c2ccc(OCc3ccccc3)c(OCc3ccccc3)c2)[C@H]1OCc1ccccc1. The second-order valence-electron chi connectivity index (χ2n) is 17.1. The van der Waals surface area contributed by atoms with Crippen LogP contribution in [-0.4, -0.2) is 18.2 Å². The van der Waals surface area contributed by atoms with Crippen molar-refractivity contribution >= 4 is 5.97 Å². The number of ether oxygens (including phenoxy) is 7. The Bertz CT molecular complexity index is 2580. The Kier molecular flexibility index (Phi) is 14.5. The van der Waals surface area contributed by atoms with Crippen LogP contribution in [0.3, 0.4) is 0 Å². The Morgan fingerprint density at radius 2 is 0.969 bits per heavy atom. The molecule has 332 valence electrons. The second-order valence-corrected chi connectivity index (χ2v) is 17.1. The molecule has 1 aliphatic rings. The van der Waals surface area contributed by atoms with Gasteiger partial charge in [0.05, 0.1) is 18.1 Å². The maximum atomic E-state index is 14.6. The molecule has 0 bridgehead atoms. The first-order chi connectivity index (χ1) is 31.7. The number of hydrogen-bond acceptors (Lipinski definition) is 8. The predicted molar refractivity (Wildman–Crippen MR) is 252 cm³/mol. The molecule has 8 nitrogen and oxygen atoms in total. The van der Waals surface area contributed by atoms with Gasteiger partial charge < -0.3 is 33.2 Å². The van der Waals surface area contributed by atoms with Gasteiger partial charge in [0.15, 0.2) is 17.6 Å². The van der Waals surface area contributed by atoms with Crippen molar-refractivity contribution in [3.63, 3.8) is 0 Å². The maximum absolute atomic E-state index is 14.6. The monoisotopic (exact) mass is 868 g/mol. The van der Waals surface area contributed by atoms with Gasteiger partial charge in [0.2, 0.25) is 0 Å². The molecule has 0 unspecified atom stereocenters. The summed E-state index contributed by atoms with van der Waals surface area (Å²) in [5, 5.41) is 0. The van der Waals surface area contributed by atoms with Crippen molar-refractivity contribution in [3.05, 3.63) is 221 Å². The summed E-state index contributed by atoms with van der Waals surface area (Å²) >= 11 is 0. The van der Waals surface area contributed by atoms with Crippen molar-refractivity contribution in [1.29, 1.82) is 0 Å². The molecular formula is C57H56O8. The molecule has 0 aromatic heterocycles. The Morgan fingerprint density at radius 3 is 1.46 bits per heavy atom. The summed E-state index contributed by atoms with van der Waals surface area (Å²) in [6.07, 6.45) is -1.85. The number of esters is 1. The van der Waals surface area contributed by atoms with Gasteiger partial charge in [0.25, 0.3) is 0 Å². The zero-order valence-corrected chi connectivity index (χ0v) is 37.4. The molecule has 0 amide bonds. The largest absolute Gasteiger partial charge is 0.489 e. The molecule has 1 heterocycles. The molecule has 0 fully saturated rings. The highest BCUT2D eigenvalue weighted by atomic mass is 16.6. The maximum Gasteiger partial charge on any atom is 0.312 e. The summed E-state index contributed by atoms with van der Waals surface area (Å²) in [5.41, 5.74) is 5.30. The fourth-order valence-corrected chi connectivity index (χ4v) is 8.08. The van der Waals surface area contributed by atoms with Crippen molar-refractivity contribution in [2.75, 3.05) is 0 Å². The summed E-state index contributed by atoms with van der Waals surface area (Å²) in [4.78, 5) is 14.6. The van der Waals surface area contributed by atoms with Gasteiger partial charge in [-0.25, -0.2) is 0 Å². The third-order valence-electron chi connectivity index (χ3n) is 11.5. The lowest BCUT2D eigenvalue weighted by Gasteiger charge is -2.46. The van der Waals surface area contributed by atoms with Gasteiger partial charge in [-0.05, 0) is 73.2 Å². The summed E-state index contributed by atoms with van der Waals surface area (Å²) in [6, 6.07) is 59.7. The molecule has 7 aromatic carbocycles. The molecule has 8 heteroatoms. The Hall–Kier alpha value is -7.03. The Labute approximate surface area is 382 Å². The van der Waals surface area contributed by atoms with E-state index in [0.717, 1.165) is 33.4 Å². The van der Waals surface area contributed by atoms with Gasteiger partial charge in [-0.3, -0.25) is 4.79 Å². The average molecular weight is 869 g/mol. The van der Waals surface area contributed by atoms with Gasteiger partial charge in [-0.2, -0.15) is 0 Å². The van der Waals surface area contributed by atoms with Gasteiger partial charge in [0.1, 0.15) is 49.8 Å². The van der Waals surface area contributed by atoms with Gasteiger partial charge >= 0.3 is 5.97 Å². The van der Waals surface area contributed by atoms with Gasteiger partial charge in [-0.15, -0.1) is 0 Å². The lowest BCUT2D eigenvalue weighted by atomic mass is 9.68. The smallest absolute Gasteiger partial charge is 0.312 e. The van der Waals surface area contributed by atoms with Crippen molar-refractivity contribution in [2.24, 2.45) is 5.41 Å². The van der Waals surface area contributed by atoms with Crippen LogP contribution >= 0.6 is 0 Å². The van der Waals surface area contributed by atoms with E-state index in [9.17, 15) is 4.79 Å². The average Bonchev–Trinajstić information content (AvgIpc) is 3.34. The minimum absolute atomic E-state index is 0.251.